The summed E-state index contributed by atoms with van der Waals surface area (Å²) in [5, 5.41) is 3.21. The largest absolute Gasteiger partial charge is 0.398 e. The van der Waals surface area contributed by atoms with Crippen molar-refractivity contribution >= 4 is 56.7 Å². The number of nitrogens with one attached hydrogen (secondary N) is 1. The third-order valence-electron chi connectivity index (χ3n) is 2.34. The Morgan fingerprint density at radius 3 is 2.85 bits per heavy atom. The molecule has 3 N–H and O–H groups in total. The van der Waals surface area contributed by atoms with Gasteiger partial charge in [0, 0.05) is 15.6 Å². The first-order valence-electron chi connectivity index (χ1n) is 5.64. The smallest absolute Gasteiger partial charge is 0.235 e. The molecule has 0 fully saturated rings. The number of hydrogen-bond acceptors (Lipinski definition) is 4. The molecule has 20 heavy (non-hydrogen) atoms. The fourth-order valence-electron chi connectivity index (χ4n) is 1.38. The molecule has 7 heteroatoms. The Morgan fingerprint density at radius 1 is 1.40 bits per heavy atom. The van der Waals surface area contributed by atoms with E-state index in [2.05, 4.69) is 26.2 Å². The molecular formula is C13H11BrClN3OS. The van der Waals surface area contributed by atoms with Gasteiger partial charge < -0.3 is 11.1 Å². The number of anilines is 2. The maximum absolute atomic E-state index is 11.8. The Balaban J connectivity index is 1.88. The zero-order chi connectivity index (χ0) is 14.5. The van der Waals surface area contributed by atoms with Gasteiger partial charge in [-0.25, -0.2) is 4.98 Å². The topological polar surface area (TPSA) is 68.0 Å². The molecule has 0 aliphatic heterocycles. The highest BCUT2D eigenvalue weighted by Gasteiger charge is 2.06. The summed E-state index contributed by atoms with van der Waals surface area (Å²) in [5.41, 5.74) is 6.15. The van der Waals surface area contributed by atoms with Crippen molar-refractivity contribution in [3.05, 3.63) is 46.0 Å². The monoisotopic (exact) mass is 371 g/mol. The SMILES string of the molecule is Nc1ccc(SCC(=O)Nc2ccc(Br)cn2)cc1Cl. The minimum atomic E-state index is -0.127. The van der Waals surface area contributed by atoms with Crippen molar-refractivity contribution in [1.82, 2.24) is 4.98 Å². The van der Waals surface area contributed by atoms with Gasteiger partial charge in [-0.15, -0.1) is 11.8 Å². The molecule has 1 aromatic carbocycles. The van der Waals surface area contributed by atoms with Crippen molar-refractivity contribution in [2.24, 2.45) is 0 Å². The van der Waals surface area contributed by atoms with Crippen molar-refractivity contribution in [1.29, 1.82) is 0 Å². The van der Waals surface area contributed by atoms with Gasteiger partial charge in [-0.1, -0.05) is 11.6 Å². The molecule has 1 aromatic heterocycles. The average molecular weight is 373 g/mol. The number of thioether (sulfide) groups is 1. The minimum absolute atomic E-state index is 0.127. The molecule has 0 bridgehead atoms. The van der Waals surface area contributed by atoms with Crippen LogP contribution in [0.25, 0.3) is 0 Å². The fraction of sp³-hybridized carbons (Fsp3) is 0.0769. The Morgan fingerprint density at radius 2 is 2.20 bits per heavy atom. The van der Waals surface area contributed by atoms with Crippen molar-refractivity contribution < 1.29 is 4.79 Å². The first kappa shape index (κ1) is 15.2. The predicted molar refractivity (Wildman–Crippen MR) is 87.2 cm³/mol. The predicted octanol–water partition coefficient (Wildman–Crippen LogP) is 3.81. The molecule has 0 unspecified atom stereocenters. The quantitative estimate of drug-likeness (QED) is 0.632. The number of nitrogens with two attached hydrogens (primary N) is 1. The number of carbonyl (C=O) groups is 1. The molecule has 2 aromatic rings. The van der Waals surface area contributed by atoms with Gasteiger partial charge in [0.15, 0.2) is 0 Å². The second-order valence-electron chi connectivity index (χ2n) is 3.88. The lowest BCUT2D eigenvalue weighted by Crippen LogP contribution is -2.14. The molecule has 1 heterocycles. The van der Waals surface area contributed by atoms with Crippen LogP contribution < -0.4 is 11.1 Å². The van der Waals surface area contributed by atoms with Crippen LogP contribution in [0.4, 0.5) is 11.5 Å². The maximum Gasteiger partial charge on any atom is 0.235 e. The molecule has 104 valence electrons. The zero-order valence-electron chi connectivity index (χ0n) is 10.3. The van der Waals surface area contributed by atoms with E-state index < -0.39 is 0 Å². The van der Waals surface area contributed by atoms with Crippen LogP contribution in [0.3, 0.4) is 0 Å². The van der Waals surface area contributed by atoms with Gasteiger partial charge in [-0.2, -0.15) is 0 Å². The third-order valence-corrected chi connectivity index (χ3v) is 4.13. The molecule has 0 spiro atoms. The number of rotatable bonds is 4. The Hall–Kier alpha value is -1.24. The van der Waals surface area contributed by atoms with Gasteiger partial charge >= 0.3 is 0 Å². The van der Waals surface area contributed by atoms with Crippen LogP contribution >= 0.6 is 39.3 Å². The first-order chi connectivity index (χ1) is 9.54. The number of halogens is 2. The lowest BCUT2D eigenvalue weighted by molar-refractivity contribution is -0.113. The van der Waals surface area contributed by atoms with Crippen LogP contribution in [0.15, 0.2) is 45.9 Å². The second kappa shape index (κ2) is 6.97. The highest BCUT2D eigenvalue weighted by molar-refractivity contribution is 9.10. The molecule has 4 nitrogen and oxygen atoms in total. The van der Waals surface area contributed by atoms with E-state index >= 15 is 0 Å². The molecule has 0 saturated heterocycles. The lowest BCUT2D eigenvalue weighted by Gasteiger charge is -2.05. The van der Waals surface area contributed by atoms with Gasteiger partial charge in [0.2, 0.25) is 5.91 Å². The number of pyridine rings is 1. The molecule has 1 amide bonds. The molecule has 2 rings (SSSR count). The number of carbonyl (C=O) groups excluding carboxylic acids is 1. The number of aromatic nitrogens is 1. The maximum atomic E-state index is 11.8. The summed E-state index contributed by atoms with van der Waals surface area (Å²) in [6.45, 7) is 0. The molecular weight excluding hydrogens is 362 g/mol. The van der Waals surface area contributed by atoms with E-state index in [0.29, 0.717) is 16.5 Å². The standard InChI is InChI=1S/C13H11BrClN3OS/c14-8-1-4-12(17-6-8)18-13(19)7-20-9-2-3-11(16)10(15)5-9/h1-6H,7,16H2,(H,17,18,19). The van der Waals surface area contributed by atoms with Crippen LogP contribution in [0, 0.1) is 0 Å². The highest BCUT2D eigenvalue weighted by Crippen LogP contribution is 2.26. The molecule has 0 saturated carbocycles. The number of benzene rings is 1. The Kier molecular flexibility index (Phi) is 5.28. The Labute approximate surface area is 134 Å². The van der Waals surface area contributed by atoms with Gasteiger partial charge in [0.1, 0.15) is 5.82 Å². The van der Waals surface area contributed by atoms with Gasteiger partial charge in [0.25, 0.3) is 0 Å². The summed E-state index contributed by atoms with van der Waals surface area (Å²) < 4.78 is 0.862. The van der Waals surface area contributed by atoms with Crippen LogP contribution in [0.2, 0.25) is 5.02 Å². The normalized spacial score (nSPS) is 10.3. The summed E-state index contributed by atoms with van der Waals surface area (Å²) >= 11 is 10.6. The first-order valence-corrected chi connectivity index (χ1v) is 7.79. The second-order valence-corrected chi connectivity index (χ2v) is 6.25. The van der Waals surface area contributed by atoms with E-state index in [4.69, 9.17) is 17.3 Å². The molecule has 0 atom stereocenters. The Bertz CT molecular complexity index is 622. The third kappa shape index (κ3) is 4.40. The van der Waals surface area contributed by atoms with Crippen molar-refractivity contribution in [2.75, 3.05) is 16.8 Å². The van der Waals surface area contributed by atoms with Gasteiger partial charge in [-0.05, 0) is 46.3 Å². The number of amides is 1. The average Bonchev–Trinajstić information content (AvgIpc) is 2.43. The van der Waals surface area contributed by atoms with E-state index in [1.807, 2.05) is 12.1 Å². The van der Waals surface area contributed by atoms with Crippen molar-refractivity contribution in [2.45, 2.75) is 4.90 Å². The van der Waals surface area contributed by atoms with Crippen LogP contribution in [-0.2, 0) is 4.79 Å². The van der Waals surface area contributed by atoms with E-state index in [1.165, 1.54) is 11.8 Å². The van der Waals surface area contributed by atoms with E-state index in [9.17, 15) is 4.79 Å². The molecule has 0 radical (unpaired) electrons. The highest BCUT2D eigenvalue weighted by atomic mass is 79.9. The number of nitrogen functional groups attached to an aromatic ring is 1. The van der Waals surface area contributed by atoms with Crippen LogP contribution in [0.1, 0.15) is 0 Å². The molecule has 0 aliphatic rings. The zero-order valence-corrected chi connectivity index (χ0v) is 13.4. The summed E-state index contributed by atoms with van der Waals surface area (Å²) in [6.07, 6.45) is 1.63. The van der Waals surface area contributed by atoms with E-state index in [1.54, 1.807) is 24.4 Å². The lowest BCUT2D eigenvalue weighted by atomic mass is 10.3. The van der Waals surface area contributed by atoms with Crippen LogP contribution in [0.5, 0.6) is 0 Å². The van der Waals surface area contributed by atoms with E-state index in [0.717, 1.165) is 9.37 Å². The summed E-state index contributed by atoms with van der Waals surface area (Å²) in [7, 11) is 0. The van der Waals surface area contributed by atoms with Gasteiger partial charge in [0.05, 0.1) is 16.5 Å². The van der Waals surface area contributed by atoms with Crippen molar-refractivity contribution in [3.8, 4) is 0 Å². The summed E-state index contributed by atoms with van der Waals surface area (Å²) in [4.78, 5) is 16.7. The van der Waals surface area contributed by atoms with Gasteiger partial charge in [-0.3, -0.25) is 4.79 Å². The summed E-state index contributed by atoms with van der Waals surface area (Å²) in [5.74, 6) is 0.671. The summed E-state index contributed by atoms with van der Waals surface area (Å²) in [6, 6.07) is 8.84. The fourth-order valence-corrected chi connectivity index (χ4v) is 2.59. The van der Waals surface area contributed by atoms with E-state index in [-0.39, 0.29) is 11.7 Å². The molecule has 0 aliphatic carbocycles. The van der Waals surface area contributed by atoms with Crippen molar-refractivity contribution in [3.63, 3.8) is 0 Å². The number of nitrogens with zero attached hydrogens (tertiary/aromatic N) is 1. The number of hydrogen-bond donors (Lipinski definition) is 2. The minimum Gasteiger partial charge on any atom is -0.398 e. The van der Waals surface area contributed by atoms with Crippen LogP contribution in [-0.4, -0.2) is 16.6 Å².